The average molecular weight is 903 g/mol. The number of phenols is 1. The van der Waals surface area contributed by atoms with Crippen LogP contribution in [0, 0.1) is 11.8 Å². The van der Waals surface area contributed by atoms with E-state index < -0.39 is 108 Å². The molecule has 0 aliphatic carbocycles. The standard InChI is InChI=1S/C47H66N8O10/c1-7-27(4)38-44(62)48-28(5)46(64)54-21-11-16-37(54)43(61)53-39(29(6)56)45(63)50-34(24-30-13-9-8-10-14-30)40(58)51-35(25-31-17-19-32(57)20-18-31)47(65)55-22-12-15-36(55)42(60)49-33(23-26(2)3)41(59)52-38/h8-10,13-14,17-20,26-29,33-39,56-57H,7,11-12,15-16,21-25H2,1-6H3,(H,48,62)(H,49,60)(H,50,63)(H,51,58)(H,52,59)(H,53,61)/t27-,28-,29+,33-,34-,35-,36-,37-,38-,39-/m0/s1. The number of hydrogen-bond acceptors (Lipinski definition) is 10. The Morgan fingerprint density at radius 2 is 1.08 bits per heavy atom. The van der Waals surface area contributed by atoms with E-state index in [4.69, 9.17) is 0 Å². The maximum absolute atomic E-state index is 14.7. The Morgan fingerprint density at radius 3 is 1.66 bits per heavy atom. The maximum atomic E-state index is 14.7. The largest absolute Gasteiger partial charge is 0.508 e. The number of benzene rings is 2. The zero-order valence-electron chi connectivity index (χ0n) is 38.2. The van der Waals surface area contributed by atoms with E-state index in [9.17, 15) is 48.6 Å². The molecular weight excluding hydrogens is 837 g/mol. The summed E-state index contributed by atoms with van der Waals surface area (Å²) in [6, 6.07) is 5.21. The van der Waals surface area contributed by atoms with E-state index in [1.54, 1.807) is 49.4 Å². The topological polar surface area (TPSA) is 256 Å². The van der Waals surface area contributed by atoms with Gasteiger partial charge in [0.25, 0.3) is 0 Å². The van der Waals surface area contributed by atoms with Crippen molar-refractivity contribution in [3.8, 4) is 5.75 Å². The van der Waals surface area contributed by atoms with Gasteiger partial charge in [-0.05, 0) is 81.0 Å². The fraction of sp³-hybridized carbons (Fsp3) is 0.574. The van der Waals surface area contributed by atoms with Crippen molar-refractivity contribution in [2.24, 2.45) is 11.8 Å². The van der Waals surface area contributed by atoms with Gasteiger partial charge in [-0.25, -0.2) is 0 Å². The fourth-order valence-electron chi connectivity index (χ4n) is 8.66. The summed E-state index contributed by atoms with van der Waals surface area (Å²) in [5.74, 6) is -5.91. The van der Waals surface area contributed by atoms with Gasteiger partial charge in [-0.1, -0.05) is 76.6 Å². The molecule has 10 atom stereocenters. The molecule has 18 nitrogen and oxygen atoms in total. The summed E-state index contributed by atoms with van der Waals surface area (Å²) < 4.78 is 0. The predicted octanol–water partition coefficient (Wildman–Crippen LogP) is 0.575. The minimum Gasteiger partial charge on any atom is -0.508 e. The molecule has 65 heavy (non-hydrogen) atoms. The lowest BCUT2D eigenvalue weighted by Crippen LogP contribution is -2.62. The number of aliphatic hydroxyl groups excluding tert-OH is 1. The summed E-state index contributed by atoms with van der Waals surface area (Å²) in [5, 5.41) is 37.4. The number of phenolic OH excluding ortho intramolecular Hbond substituents is 1. The summed E-state index contributed by atoms with van der Waals surface area (Å²) in [6.45, 7) is 10.5. The van der Waals surface area contributed by atoms with E-state index in [0.29, 0.717) is 30.4 Å². The van der Waals surface area contributed by atoms with Gasteiger partial charge in [-0.15, -0.1) is 0 Å². The molecular formula is C47H66N8O10. The number of fused-ring (bicyclic) bond motifs is 2. The van der Waals surface area contributed by atoms with Crippen LogP contribution in [0.3, 0.4) is 0 Å². The Balaban J connectivity index is 1.56. The second-order valence-corrected chi connectivity index (χ2v) is 18.1. The predicted molar refractivity (Wildman–Crippen MR) is 239 cm³/mol. The molecule has 3 saturated heterocycles. The van der Waals surface area contributed by atoms with Gasteiger partial charge >= 0.3 is 0 Å². The first-order chi connectivity index (χ1) is 30.9. The molecule has 0 unspecified atom stereocenters. The second kappa shape index (κ2) is 22.7. The van der Waals surface area contributed by atoms with Crippen molar-refractivity contribution >= 4 is 47.3 Å². The first-order valence-corrected chi connectivity index (χ1v) is 22.8. The van der Waals surface area contributed by atoms with Crippen LogP contribution in [-0.2, 0) is 51.2 Å². The highest BCUT2D eigenvalue weighted by Crippen LogP contribution is 2.23. The highest BCUT2D eigenvalue weighted by molar-refractivity contribution is 5.99. The number of amides is 8. The summed E-state index contributed by atoms with van der Waals surface area (Å²) in [7, 11) is 0. The van der Waals surface area contributed by atoms with Gasteiger partial charge in [-0.3, -0.25) is 38.4 Å². The smallest absolute Gasteiger partial charge is 0.246 e. The van der Waals surface area contributed by atoms with Crippen LogP contribution in [0.5, 0.6) is 5.75 Å². The maximum Gasteiger partial charge on any atom is 0.246 e. The highest BCUT2D eigenvalue weighted by Gasteiger charge is 2.43. The molecule has 0 bridgehead atoms. The molecule has 354 valence electrons. The van der Waals surface area contributed by atoms with Crippen molar-refractivity contribution in [2.45, 2.75) is 147 Å². The van der Waals surface area contributed by atoms with Crippen molar-refractivity contribution in [2.75, 3.05) is 13.1 Å². The molecule has 0 radical (unpaired) electrons. The van der Waals surface area contributed by atoms with Gasteiger partial charge in [0.05, 0.1) is 6.10 Å². The van der Waals surface area contributed by atoms with Crippen molar-refractivity contribution < 1.29 is 48.6 Å². The van der Waals surface area contributed by atoms with E-state index in [0.717, 1.165) is 0 Å². The Labute approximate surface area is 380 Å². The van der Waals surface area contributed by atoms with Crippen LogP contribution < -0.4 is 31.9 Å². The lowest BCUT2D eigenvalue weighted by atomic mass is 9.96. The van der Waals surface area contributed by atoms with Crippen molar-refractivity contribution in [1.82, 2.24) is 41.7 Å². The van der Waals surface area contributed by atoms with Crippen LogP contribution in [0.4, 0.5) is 0 Å². The molecule has 5 rings (SSSR count). The highest BCUT2D eigenvalue weighted by atomic mass is 16.3. The van der Waals surface area contributed by atoms with Crippen LogP contribution >= 0.6 is 0 Å². The third-order valence-electron chi connectivity index (χ3n) is 12.5. The molecule has 3 heterocycles. The van der Waals surface area contributed by atoms with Gasteiger partial charge in [0.15, 0.2) is 0 Å². The molecule has 2 aromatic carbocycles. The van der Waals surface area contributed by atoms with Crippen LogP contribution in [0.2, 0.25) is 0 Å². The number of rotatable bonds is 9. The van der Waals surface area contributed by atoms with Gasteiger partial charge in [0, 0.05) is 25.9 Å². The Kier molecular flexibility index (Phi) is 17.5. The third-order valence-corrected chi connectivity index (χ3v) is 12.5. The number of carbonyl (C=O) groups is 8. The van der Waals surface area contributed by atoms with E-state index in [1.165, 1.54) is 35.8 Å². The SMILES string of the molecule is CC[C@H](C)[C@@H]1NC(=O)[C@H](CC(C)C)NC(=O)[C@@H]2CCCN2C(=O)[C@H](Cc2ccc(O)cc2)NC(=O)[C@H](Cc2ccccc2)NC(=O)[C@H]([C@@H](C)O)NC(=O)[C@@H]2CCCN2C(=O)[C@H](C)NC1=O. The van der Waals surface area contributed by atoms with E-state index in [2.05, 4.69) is 31.9 Å². The third kappa shape index (κ3) is 13.0. The minimum absolute atomic E-state index is 0.0163. The lowest BCUT2D eigenvalue weighted by Gasteiger charge is -2.33. The number of hydrogen-bond donors (Lipinski definition) is 8. The molecule has 2 aromatic rings. The Morgan fingerprint density at radius 1 is 0.585 bits per heavy atom. The van der Waals surface area contributed by atoms with Crippen molar-refractivity contribution in [3.63, 3.8) is 0 Å². The molecule has 3 aliphatic heterocycles. The number of aromatic hydroxyl groups is 1. The van der Waals surface area contributed by atoms with E-state index in [1.807, 2.05) is 20.8 Å². The van der Waals surface area contributed by atoms with Crippen LogP contribution in [-0.4, -0.2) is 135 Å². The average Bonchev–Trinajstić information content (AvgIpc) is 3.97. The zero-order chi connectivity index (χ0) is 47.5. The molecule has 3 aliphatic rings. The van der Waals surface area contributed by atoms with Gasteiger partial charge in [0.1, 0.15) is 54.1 Å². The van der Waals surface area contributed by atoms with Crippen molar-refractivity contribution in [3.05, 3.63) is 65.7 Å². The van der Waals surface area contributed by atoms with E-state index in [-0.39, 0.29) is 56.9 Å². The summed E-state index contributed by atoms with van der Waals surface area (Å²) in [5.41, 5.74) is 1.21. The Bertz CT molecular complexity index is 2030. The molecule has 3 fully saturated rings. The second-order valence-electron chi connectivity index (χ2n) is 18.1. The minimum atomic E-state index is -1.58. The van der Waals surface area contributed by atoms with Gasteiger partial charge < -0.3 is 51.9 Å². The summed E-state index contributed by atoms with van der Waals surface area (Å²) >= 11 is 0. The molecule has 0 spiro atoms. The number of nitrogens with one attached hydrogen (secondary N) is 6. The normalized spacial score (nSPS) is 27.9. The Hall–Kier alpha value is -6.04. The molecule has 8 N–H and O–H groups in total. The first kappa shape index (κ1) is 50.0. The molecule has 8 amide bonds. The summed E-state index contributed by atoms with van der Waals surface area (Å²) in [4.78, 5) is 116. The molecule has 0 saturated carbocycles. The van der Waals surface area contributed by atoms with E-state index >= 15 is 0 Å². The monoisotopic (exact) mass is 902 g/mol. The van der Waals surface area contributed by atoms with Gasteiger partial charge in [0.2, 0.25) is 47.3 Å². The number of aliphatic hydroxyl groups is 1. The first-order valence-electron chi connectivity index (χ1n) is 22.8. The quantitative estimate of drug-likeness (QED) is 0.174. The molecule has 18 heteroatoms. The van der Waals surface area contributed by atoms with Crippen molar-refractivity contribution in [1.29, 1.82) is 0 Å². The van der Waals surface area contributed by atoms with Crippen LogP contribution in [0.1, 0.15) is 91.2 Å². The zero-order valence-corrected chi connectivity index (χ0v) is 38.2. The lowest BCUT2D eigenvalue weighted by molar-refractivity contribution is -0.143. The van der Waals surface area contributed by atoms with Crippen LogP contribution in [0.25, 0.3) is 0 Å². The van der Waals surface area contributed by atoms with Gasteiger partial charge in [-0.2, -0.15) is 0 Å². The molecule has 0 aromatic heterocycles. The fourth-order valence-corrected chi connectivity index (χ4v) is 8.66. The summed E-state index contributed by atoms with van der Waals surface area (Å²) in [6.07, 6.45) is 0.452. The van der Waals surface area contributed by atoms with Crippen LogP contribution in [0.15, 0.2) is 54.6 Å². The number of nitrogens with zero attached hydrogens (tertiary/aromatic N) is 2. The number of carbonyl (C=O) groups excluding carboxylic acids is 8.